The van der Waals surface area contributed by atoms with Crippen LogP contribution in [0.25, 0.3) is 0 Å². The fourth-order valence-corrected chi connectivity index (χ4v) is 3.52. The molecule has 2 N–H and O–H groups in total. The molecule has 4 nitrogen and oxygen atoms in total. The number of carbonyl (C=O) groups excluding carboxylic acids is 1. The lowest BCUT2D eigenvalue weighted by Gasteiger charge is -2.12. The van der Waals surface area contributed by atoms with E-state index >= 15 is 0 Å². The van der Waals surface area contributed by atoms with Crippen LogP contribution in [0.15, 0.2) is 0 Å². The monoisotopic (exact) mass is 335 g/mol. The smallest absolute Gasteiger partial charge is 0.347 e. The fraction of sp³-hybridized carbons (Fsp3) is 0.714. The molecule has 2 rings (SSSR count). The highest BCUT2D eigenvalue weighted by molar-refractivity contribution is 7.11. The summed E-state index contributed by atoms with van der Waals surface area (Å²) in [5, 5.41) is 5.88. The zero-order chi connectivity index (χ0) is 16.2. The lowest BCUT2D eigenvalue weighted by atomic mass is 10.0. The van der Waals surface area contributed by atoms with Crippen molar-refractivity contribution in [3.05, 3.63) is 15.6 Å². The predicted molar refractivity (Wildman–Crippen MR) is 78.9 cm³/mol. The number of alkyl halides is 3. The van der Waals surface area contributed by atoms with E-state index in [1.54, 1.807) is 11.3 Å². The Morgan fingerprint density at radius 3 is 2.77 bits per heavy atom. The van der Waals surface area contributed by atoms with Crippen LogP contribution in [0.1, 0.15) is 47.8 Å². The van der Waals surface area contributed by atoms with Gasteiger partial charge in [-0.15, -0.1) is 11.3 Å². The van der Waals surface area contributed by atoms with Crippen LogP contribution in [-0.4, -0.2) is 30.2 Å². The van der Waals surface area contributed by atoms with E-state index in [1.165, 1.54) is 11.3 Å². The summed E-state index contributed by atoms with van der Waals surface area (Å²) in [4.78, 5) is 17.6. The summed E-state index contributed by atoms with van der Waals surface area (Å²) in [7, 11) is 0. The number of aromatic nitrogens is 1. The van der Waals surface area contributed by atoms with Gasteiger partial charge in [-0.05, 0) is 32.6 Å². The van der Waals surface area contributed by atoms with Crippen LogP contribution in [0, 0.1) is 0 Å². The minimum absolute atomic E-state index is 0.00638. The largest absolute Gasteiger partial charge is 0.401 e. The number of nitrogens with zero attached hydrogens (tertiary/aromatic N) is 1. The molecule has 1 heterocycles. The van der Waals surface area contributed by atoms with Gasteiger partial charge in [-0.3, -0.25) is 4.79 Å². The average molecular weight is 335 g/mol. The molecule has 0 spiro atoms. The molecule has 1 aromatic heterocycles. The Balaban J connectivity index is 1.75. The topological polar surface area (TPSA) is 54.0 Å². The number of aryl methyl sites for hydroxylation is 2. The van der Waals surface area contributed by atoms with E-state index < -0.39 is 12.7 Å². The van der Waals surface area contributed by atoms with E-state index in [9.17, 15) is 18.0 Å². The number of carbonyl (C=O) groups is 1. The van der Waals surface area contributed by atoms with E-state index in [4.69, 9.17) is 0 Å². The Morgan fingerprint density at radius 2 is 2.09 bits per heavy atom. The summed E-state index contributed by atoms with van der Waals surface area (Å²) in [5.41, 5.74) is 1.14. The molecule has 0 aromatic carbocycles. The third-order valence-corrected chi connectivity index (χ3v) is 4.80. The number of rotatable bonds is 6. The van der Waals surface area contributed by atoms with Gasteiger partial charge >= 0.3 is 6.18 Å². The Kier molecular flexibility index (Phi) is 5.80. The van der Waals surface area contributed by atoms with Crippen LogP contribution in [0.3, 0.4) is 0 Å². The third kappa shape index (κ3) is 5.24. The highest BCUT2D eigenvalue weighted by Gasteiger charge is 2.26. The Labute approximate surface area is 131 Å². The maximum absolute atomic E-state index is 12.0. The molecule has 0 saturated carbocycles. The van der Waals surface area contributed by atoms with Crippen molar-refractivity contribution in [1.29, 1.82) is 0 Å². The molecule has 8 heteroatoms. The fourth-order valence-electron chi connectivity index (χ4n) is 2.36. The molecule has 0 aliphatic heterocycles. The minimum Gasteiger partial charge on any atom is -0.347 e. The Bertz CT molecular complexity index is 492. The van der Waals surface area contributed by atoms with Crippen LogP contribution in [-0.2, 0) is 17.6 Å². The van der Waals surface area contributed by atoms with E-state index in [0.29, 0.717) is 0 Å². The van der Waals surface area contributed by atoms with Gasteiger partial charge in [-0.25, -0.2) is 4.98 Å². The van der Waals surface area contributed by atoms with Crippen molar-refractivity contribution in [2.24, 2.45) is 0 Å². The van der Waals surface area contributed by atoms with Crippen molar-refractivity contribution in [2.75, 3.05) is 13.1 Å². The van der Waals surface area contributed by atoms with E-state index in [1.807, 2.05) is 6.92 Å². The van der Waals surface area contributed by atoms with Gasteiger partial charge in [0.05, 0.1) is 18.3 Å². The molecule has 0 bridgehead atoms. The quantitative estimate of drug-likeness (QED) is 0.786. The standard InChI is InChI=1S/C14H20F3N3OS/c1-9(13-20-10-4-2-3-5-11(10)22-13)19-12(21)6-7-18-8-14(15,16)17/h9,18H,2-8H2,1H3,(H,19,21)/t9-/m0/s1. The summed E-state index contributed by atoms with van der Waals surface area (Å²) in [6, 6.07) is -0.203. The second-order valence-corrected chi connectivity index (χ2v) is 6.58. The first-order valence-corrected chi connectivity index (χ1v) is 8.22. The van der Waals surface area contributed by atoms with E-state index in [2.05, 4.69) is 15.6 Å². The lowest BCUT2D eigenvalue weighted by Crippen LogP contribution is -2.33. The second-order valence-electron chi connectivity index (χ2n) is 5.46. The van der Waals surface area contributed by atoms with Gasteiger partial charge in [-0.1, -0.05) is 0 Å². The molecule has 1 aliphatic rings. The van der Waals surface area contributed by atoms with Gasteiger partial charge in [0, 0.05) is 17.8 Å². The van der Waals surface area contributed by atoms with Gasteiger partial charge < -0.3 is 10.6 Å². The first kappa shape index (κ1) is 17.2. The van der Waals surface area contributed by atoms with E-state index in [-0.39, 0.29) is 24.9 Å². The highest BCUT2D eigenvalue weighted by atomic mass is 32.1. The van der Waals surface area contributed by atoms with Crippen molar-refractivity contribution in [2.45, 2.75) is 51.2 Å². The Morgan fingerprint density at radius 1 is 1.36 bits per heavy atom. The summed E-state index contributed by atoms with van der Waals surface area (Å²) in [5.74, 6) is -0.268. The van der Waals surface area contributed by atoms with Crippen LogP contribution >= 0.6 is 11.3 Å². The zero-order valence-electron chi connectivity index (χ0n) is 12.4. The molecule has 0 fully saturated rings. The number of fused-ring (bicyclic) bond motifs is 1. The molecule has 1 aromatic rings. The van der Waals surface area contributed by atoms with Gasteiger partial charge in [0.2, 0.25) is 5.91 Å². The minimum atomic E-state index is -4.25. The van der Waals surface area contributed by atoms with Gasteiger partial charge in [0.1, 0.15) is 5.01 Å². The Hall–Kier alpha value is -1.15. The second kappa shape index (κ2) is 7.41. The number of halogens is 3. The number of hydrogen-bond donors (Lipinski definition) is 2. The molecule has 22 heavy (non-hydrogen) atoms. The van der Waals surface area contributed by atoms with Gasteiger partial charge in [0.15, 0.2) is 0 Å². The zero-order valence-corrected chi connectivity index (χ0v) is 13.2. The molecule has 0 unspecified atom stereocenters. The maximum Gasteiger partial charge on any atom is 0.401 e. The van der Waals surface area contributed by atoms with Crippen LogP contribution in [0.5, 0.6) is 0 Å². The van der Waals surface area contributed by atoms with Gasteiger partial charge in [-0.2, -0.15) is 13.2 Å². The summed E-state index contributed by atoms with van der Waals surface area (Å²) in [6.07, 6.45) is 0.153. The van der Waals surface area contributed by atoms with Gasteiger partial charge in [0.25, 0.3) is 0 Å². The summed E-state index contributed by atoms with van der Waals surface area (Å²) < 4.78 is 35.9. The van der Waals surface area contributed by atoms with Crippen molar-refractivity contribution >= 4 is 17.2 Å². The summed E-state index contributed by atoms with van der Waals surface area (Å²) >= 11 is 1.63. The number of nitrogens with one attached hydrogen (secondary N) is 2. The van der Waals surface area contributed by atoms with Crippen molar-refractivity contribution in [3.8, 4) is 0 Å². The molecule has 1 aliphatic carbocycles. The lowest BCUT2D eigenvalue weighted by molar-refractivity contribution is -0.127. The SMILES string of the molecule is C[C@H](NC(=O)CCNCC(F)(F)F)c1nc2c(s1)CCCC2. The third-order valence-electron chi connectivity index (χ3n) is 3.46. The molecule has 124 valence electrons. The van der Waals surface area contributed by atoms with Crippen molar-refractivity contribution < 1.29 is 18.0 Å². The van der Waals surface area contributed by atoms with Crippen LogP contribution in [0.2, 0.25) is 0 Å². The molecule has 1 atom stereocenters. The number of amides is 1. The molecule has 0 saturated heterocycles. The average Bonchev–Trinajstić information content (AvgIpc) is 2.86. The predicted octanol–water partition coefficient (Wildman–Crippen LogP) is 2.74. The highest BCUT2D eigenvalue weighted by Crippen LogP contribution is 2.29. The number of hydrogen-bond acceptors (Lipinski definition) is 4. The maximum atomic E-state index is 12.0. The summed E-state index contributed by atoms with van der Waals surface area (Å²) in [6.45, 7) is 0.785. The van der Waals surface area contributed by atoms with Crippen LogP contribution in [0.4, 0.5) is 13.2 Å². The first-order chi connectivity index (χ1) is 10.3. The van der Waals surface area contributed by atoms with Crippen molar-refractivity contribution in [1.82, 2.24) is 15.6 Å². The molecular formula is C14H20F3N3OS. The molecule has 0 radical (unpaired) electrons. The van der Waals surface area contributed by atoms with Crippen LogP contribution < -0.4 is 10.6 Å². The number of thiazole rings is 1. The van der Waals surface area contributed by atoms with Crippen molar-refractivity contribution in [3.63, 3.8) is 0 Å². The molecular weight excluding hydrogens is 315 g/mol. The first-order valence-electron chi connectivity index (χ1n) is 7.40. The normalized spacial score (nSPS) is 16.2. The molecule has 1 amide bonds. The van der Waals surface area contributed by atoms with E-state index in [0.717, 1.165) is 30.0 Å².